The summed E-state index contributed by atoms with van der Waals surface area (Å²) in [6, 6.07) is 0. The minimum Gasteiger partial charge on any atom is -0.477 e. The fourth-order valence-electron chi connectivity index (χ4n) is 0.608. The lowest BCUT2D eigenvalue weighted by Crippen LogP contribution is -2.30. The second kappa shape index (κ2) is 2.42. The highest BCUT2D eigenvalue weighted by molar-refractivity contribution is 9.10. The molecule has 0 spiro atoms. The standard InChI is InChI=1S/C5H5BrN2O2/c1-8-4(6)3(2-7-8)5(9)10/h2H,1H3,(H,9,10)/p+1. The zero-order valence-corrected chi connectivity index (χ0v) is 6.84. The first-order valence-corrected chi connectivity index (χ1v) is 3.38. The molecule has 0 fully saturated rings. The number of carboxylic acids is 1. The molecular formula is C5H6BrN2O2+. The van der Waals surface area contributed by atoms with Crippen LogP contribution in [0.15, 0.2) is 10.8 Å². The number of H-pyrrole nitrogens is 1. The summed E-state index contributed by atoms with van der Waals surface area (Å²) >= 11 is 3.10. The number of aryl methyl sites for hydroxylation is 1. The van der Waals surface area contributed by atoms with Gasteiger partial charge in [-0.05, 0) is 0 Å². The molecule has 0 aliphatic heterocycles. The van der Waals surface area contributed by atoms with E-state index in [0.717, 1.165) is 0 Å². The van der Waals surface area contributed by atoms with Crippen LogP contribution in [0.25, 0.3) is 0 Å². The largest absolute Gasteiger partial charge is 0.477 e. The van der Waals surface area contributed by atoms with Crippen molar-refractivity contribution in [1.82, 2.24) is 5.10 Å². The molecule has 0 amide bonds. The number of nitrogens with one attached hydrogen (secondary N) is 1. The number of aromatic amines is 1. The Kier molecular flexibility index (Phi) is 1.76. The number of rotatable bonds is 1. The van der Waals surface area contributed by atoms with Crippen molar-refractivity contribution < 1.29 is 14.6 Å². The minimum atomic E-state index is -0.941. The van der Waals surface area contributed by atoms with Gasteiger partial charge in [-0.25, -0.2) is 4.79 Å². The second-order valence-corrected chi connectivity index (χ2v) is 2.59. The van der Waals surface area contributed by atoms with E-state index in [1.165, 1.54) is 6.20 Å². The van der Waals surface area contributed by atoms with Crippen molar-refractivity contribution in [3.8, 4) is 0 Å². The number of carbonyl (C=O) groups is 1. The van der Waals surface area contributed by atoms with Gasteiger partial charge in [0, 0.05) is 15.9 Å². The number of halogens is 1. The van der Waals surface area contributed by atoms with Crippen molar-refractivity contribution in [2.24, 2.45) is 7.05 Å². The molecular weight excluding hydrogens is 200 g/mol. The van der Waals surface area contributed by atoms with E-state index in [4.69, 9.17) is 5.11 Å². The van der Waals surface area contributed by atoms with E-state index in [-0.39, 0.29) is 5.56 Å². The third-order valence-electron chi connectivity index (χ3n) is 1.15. The van der Waals surface area contributed by atoms with Crippen LogP contribution in [0.1, 0.15) is 10.4 Å². The van der Waals surface area contributed by atoms with Gasteiger partial charge in [0.25, 0.3) is 4.60 Å². The number of carboxylic acid groups (broad SMARTS) is 1. The topological polar surface area (TPSA) is 57.0 Å². The predicted molar refractivity (Wildman–Crippen MR) is 36.6 cm³/mol. The highest BCUT2D eigenvalue weighted by Crippen LogP contribution is 2.08. The average Bonchev–Trinajstić information content (AvgIpc) is 2.14. The van der Waals surface area contributed by atoms with Crippen molar-refractivity contribution in [3.05, 3.63) is 16.4 Å². The van der Waals surface area contributed by atoms with Gasteiger partial charge in [0.1, 0.15) is 0 Å². The molecule has 0 saturated heterocycles. The van der Waals surface area contributed by atoms with Gasteiger partial charge in [-0.2, -0.15) is 5.10 Å². The Bertz CT molecular complexity index is 269. The molecule has 0 aliphatic carbocycles. The number of hydrogen-bond donors (Lipinski definition) is 2. The summed E-state index contributed by atoms with van der Waals surface area (Å²) in [4.78, 5) is 10.4. The molecule has 0 saturated carbocycles. The fourth-order valence-corrected chi connectivity index (χ4v) is 0.995. The zero-order valence-electron chi connectivity index (χ0n) is 5.26. The molecule has 0 bridgehead atoms. The molecule has 1 rings (SSSR count). The molecule has 5 heteroatoms. The van der Waals surface area contributed by atoms with Crippen LogP contribution >= 0.6 is 15.9 Å². The van der Waals surface area contributed by atoms with E-state index in [9.17, 15) is 4.79 Å². The monoisotopic (exact) mass is 205 g/mol. The Labute approximate surface area is 65.6 Å². The summed E-state index contributed by atoms with van der Waals surface area (Å²) in [5.41, 5.74) is 0.238. The maximum Gasteiger partial charge on any atom is 0.344 e. The first kappa shape index (κ1) is 7.27. The van der Waals surface area contributed by atoms with Crippen LogP contribution in [0.5, 0.6) is 0 Å². The van der Waals surface area contributed by atoms with Crippen LogP contribution in [0.3, 0.4) is 0 Å². The summed E-state index contributed by atoms with van der Waals surface area (Å²) in [7, 11) is 1.72. The van der Waals surface area contributed by atoms with Gasteiger partial charge in [0.2, 0.25) is 0 Å². The molecule has 1 heterocycles. The predicted octanol–water partition coefficient (Wildman–Crippen LogP) is 0.300. The van der Waals surface area contributed by atoms with Crippen molar-refractivity contribution in [2.45, 2.75) is 0 Å². The molecule has 2 N–H and O–H groups in total. The quantitative estimate of drug-likeness (QED) is 0.649. The second-order valence-electron chi connectivity index (χ2n) is 1.84. The maximum absolute atomic E-state index is 10.4. The first-order chi connectivity index (χ1) is 4.63. The molecule has 0 atom stereocenters. The molecule has 0 radical (unpaired) electrons. The lowest BCUT2D eigenvalue weighted by molar-refractivity contribution is -0.736. The SMILES string of the molecule is C[n+]1[nH]cc(C(=O)O)c1Br. The van der Waals surface area contributed by atoms with Crippen LogP contribution in [0, 0.1) is 0 Å². The number of aromatic carboxylic acids is 1. The average molecular weight is 206 g/mol. The van der Waals surface area contributed by atoms with Crippen LogP contribution < -0.4 is 4.68 Å². The van der Waals surface area contributed by atoms with E-state index >= 15 is 0 Å². The highest BCUT2D eigenvalue weighted by Gasteiger charge is 2.18. The minimum absolute atomic E-state index is 0.238. The van der Waals surface area contributed by atoms with E-state index < -0.39 is 5.97 Å². The summed E-state index contributed by atoms with van der Waals surface area (Å²) < 4.78 is 2.11. The van der Waals surface area contributed by atoms with Crippen molar-refractivity contribution >= 4 is 21.9 Å². The summed E-state index contributed by atoms with van der Waals surface area (Å²) in [5.74, 6) is -0.941. The highest BCUT2D eigenvalue weighted by atomic mass is 79.9. The summed E-state index contributed by atoms with van der Waals surface area (Å²) in [5, 5.41) is 11.2. The number of aromatic nitrogens is 2. The van der Waals surface area contributed by atoms with E-state index in [0.29, 0.717) is 4.60 Å². The zero-order chi connectivity index (χ0) is 7.72. The third-order valence-corrected chi connectivity index (χ3v) is 2.11. The van der Waals surface area contributed by atoms with Gasteiger partial charge >= 0.3 is 5.97 Å². The number of nitrogens with zero attached hydrogens (tertiary/aromatic N) is 1. The van der Waals surface area contributed by atoms with Gasteiger partial charge < -0.3 is 5.11 Å². The molecule has 4 nitrogen and oxygen atoms in total. The van der Waals surface area contributed by atoms with Crippen LogP contribution in [-0.4, -0.2) is 16.2 Å². The molecule has 54 valence electrons. The van der Waals surface area contributed by atoms with Gasteiger partial charge in [-0.3, -0.25) is 0 Å². The third kappa shape index (κ3) is 1.04. The maximum atomic E-state index is 10.4. The number of hydrogen-bond acceptors (Lipinski definition) is 1. The Morgan fingerprint density at radius 2 is 2.50 bits per heavy atom. The normalized spacial score (nSPS) is 9.80. The molecule has 0 unspecified atom stereocenters. The van der Waals surface area contributed by atoms with Crippen molar-refractivity contribution in [1.29, 1.82) is 0 Å². The van der Waals surface area contributed by atoms with Gasteiger partial charge in [-0.15, -0.1) is 4.68 Å². The molecule has 0 aliphatic rings. The van der Waals surface area contributed by atoms with E-state index in [1.807, 2.05) is 0 Å². The van der Waals surface area contributed by atoms with Crippen LogP contribution in [-0.2, 0) is 7.05 Å². The molecule has 10 heavy (non-hydrogen) atoms. The van der Waals surface area contributed by atoms with Crippen molar-refractivity contribution in [3.63, 3.8) is 0 Å². The van der Waals surface area contributed by atoms with Gasteiger partial charge in [0.15, 0.2) is 12.6 Å². The van der Waals surface area contributed by atoms with Crippen LogP contribution in [0.2, 0.25) is 0 Å². The Hall–Kier alpha value is -0.840. The molecule has 1 aromatic heterocycles. The van der Waals surface area contributed by atoms with Crippen LogP contribution in [0.4, 0.5) is 0 Å². The Morgan fingerprint density at radius 1 is 1.90 bits per heavy atom. The fraction of sp³-hybridized carbons (Fsp3) is 0.200. The lowest BCUT2D eigenvalue weighted by atomic mass is 10.4. The van der Waals surface area contributed by atoms with Gasteiger partial charge in [0.05, 0.1) is 6.20 Å². The van der Waals surface area contributed by atoms with E-state index in [2.05, 4.69) is 21.0 Å². The first-order valence-electron chi connectivity index (χ1n) is 2.59. The van der Waals surface area contributed by atoms with Gasteiger partial charge in [-0.1, -0.05) is 0 Å². The smallest absolute Gasteiger partial charge is 0.344 e. The lowest BCUT2D eigenvalue weighted by Gasteiger charge is -1.81. The summed E-state index contributed by atoms with van der Waals surface area (Å²) in [6.07, 6.45) is 1.42. The Morgan fingerprint density at radius 3 is 2.70 bits per heavy atom. The Balaban J connectivity index is 3.17. The molecule has 0 aromatic carbocycles. The summed E-state index contributed by atoms with van der Waals surface area (Å²) in [6.45, 7) is 0. The molecule has 1 aromatic rings. The van der Waals surface area contributed by atoms with Crippen molar-refractivity contribution in [2.75, 3.05) is 0 Å². The van der Waals surface area contributed by atoms with E-state index in [1.54, 1.807) is 11.7 Å².